The second-order valence-corrected chi connectivity index (χ2v) is 6.34. The maximum absolute atomic E-state index is 12.3. The van der Waals surface area contributed by atoms with Gasteiger partial charge in [0.05, 0.1) is 26.2 Å². The van der Waals surface area contributed by atoms with Gasteiger partial charge in [-0.15, -0.1) is 0 Å². The molecule has 6 heteroatoms. The quantitative estimate of drug-likeness (QED) is 0.569. The van der Waals surface area contributed by atoms with Crippen LogP contribution in [0.1, 0.15) is 40.0 Å². The molecule has 0 unspecified atom stereocenters. The molecule has 0 saturated carbocycles. The lowest BCUT2D eigenvalue weighted by molar-refractivity contribution is -0.144. The van der Waals surface area contributed by atoms with Crippen LogP contribution in [0.25, 0.3) is 0 Å². The molecule has 1 amide bonds. The van der Waals surface area contributed by atoms with Crippen molar-refractivity contribution in [2.75, 3.05) is 52.5 Å². The molecular weight excluding hydrogens is 296 g/mol. The van der Waals surface area contributed by atoms with Crippen molar-refractivity contribution in [3.63, 3.8) is 0 Å². The van der Waals surface area contributed by atoms with Crippen molar-refractivity contribution >= 4 is 11.9 Å². The zero-order chi connectivity index (χ0) is 17.1. The lowest BCUT2D eigenvalue weighted by Crippen LogP contribution is -2.39. The number of hydrogen-bond acceptors (Lipinski definition) is 5. The van der Waals surface area contributed by atoms with Gasteiger partial charge in [-0.05, 0) is 19.3 Å². The first kappa shape index (κ1) is 19.9. The molecule has 134 valence electrons. The molecule has 1 fully saturated rings. The fourth-order valence-electron chi connectivity index (χ4n) is 2.61. The van der Waals surface area contributed by atoms with Crippen LogP contribution in [0.15, 0.2) is 0 Å². The Morgan fingerprint density at radius 1 is 1.22 bits per heavy atom. The molecule has 0 aromatic heterocycles. The van der Waals surface area contributed by atoms with Crippen LogP contribution < -0.4 is 0 Å². The van der Waals surface area contributed by atoms with Crippen LogP contribution in [0.5, 0.6) is 0 Å². The second-order valence-electron chi connectivity index (χ2n) is 6.34. The topological polar surface area (TPSA) is 59.1 Å². The lowest BCUT2D eigenvalue weighted by atomic mass is 10.1. The van der Waals surface area contributed by atoms with Gasteiger partial charge in [-0.1, -0.05) is 13.8 Å². The number of ether oxygens (including phenoxy) is 2. The molecule has 1 rings (SSSR count). The van der Waals surface area contributed by atoms with Gasteiger partial charge in [0.25, 0.3) is 0 Å². The van der Waals surface area contributed by atoms with Crippen LogP contribution >= 0.6 is 0 Å². The number of rotatable bonds is 10. The summed E-state index contributed by atoms with van der Waals surface area (Å²) < 4.78 is 10.3. The van der Waals surface area contributed by atoms with Gasteiger partial charge < -0.3 is 14.4 Å². The first-order chi connectivity index (χ1) is 11.0. The Bertz CT molecular complexity index is 355. The van der Waals surface area contributed by atoms with Crippen LogP contribution in [0, 0.1) is 5.92 Å². The zero-order valence-corrected chi connectivity index (χ0v) is 14.9. The van der Waals surface area contributed by atoms with E-state index < -0.39 is 0 Å². The molecule has 1 heterocycles. The summed E-state index contributed by atoms with van der Waals surface area (Å²) in [6, 6.07) is 0. The molecule has 1 aliphatic rings. The Balaban J connectivity index is 2.39. The summed E-state index contributed by atoms with van der Waals surface area (Å²) in [4.78, 5) is 28.1. The summed E-state index contributed by atoms with van der Waals surface area (Å²) in [7, 11) is 0. The molecule has 0 spiro atoms. The third-order valence-electron chi connectivity index (χ3n) is 3.83. The number of morpholine rings is 1. The predicted molar refractivity (Wildman–Crippen MR) is 89.2 cm³/mol. The standard InChI is InChI=1S/C17H32N2O4/c1-4-23-17(21)6-9-19(16(20)14-15(2)3)8-5-7-18-10-12-22-13-11-18/h15H,4-14H2,1-3H3. The molecule has 0 radical (unpaired) electrons. The first-order valence-electron chi connectivity index (χ1n) is 8.76. The van der Waals surface area contributed by atoms with Gasteiger partial charge in [-0.25, -0.2) is 0 Å². The minimum Gasteiger partial charge on any atom is -0.466 e. The molecule has 23 heavy (non-hydrogen) atoms. The van der Waals surface area contributed by atoms with E-state index in [9.17, 15) is 9.59 Å². The van der Waals surface area contributed by atoms with Crippen molar-refractivity contribution < 1.29 is 19.1 Å². The van der Waals surface area contributed by atoms with Crippen LogP contribution in [0.3, 0.4) is 0 Å². The molecular formula is C17H32N2O4. The van der Waals surface area contributed by atoms with Gasteiger partial charge in [0, 0.05) is 39.1 Å². The Kier molecular flexibility index (Phi) is 9.87. The predicted octanol–water partition coefficient (Wildman–Crippen LogP) is 1.54. The molecule has 6 nitrogen and oxygen atoms in total. The lowest BCUT2D eigenvalue weighted by Gasteiger charge is -2.28. The Morgan fingerprint density at radius 2 is 1.91 bits per heavy atom. The van der Waals surface area contributed by atoms with E-state index in [1.165, 1.54) is 0 Å². The van der Waals surface area contributed by atoms with E-state index >= 15 is 0 Å². The van der Waals surface area contributed by atoms with E-state index in [1.54, 1.807) is 6.92 Å². The summed E-state index contributed by atoms with van der Waals surface area (Å²) in [6.45, 7) is 11.9. The highest BCUT2D eigenvalue weighted by atomic mass is 16.5. The maximum atomic E-state index is 12.3. The van der Waals surface area contributed by atoms with Crippen molar-refractivity contribution in [3.05, 3.63) is 0 Å². The average molecular weight is 328 g/mol. The number of hydrogen-bond donors (Lipinski definition) is 0. The highest BCUT2D eigenvalue weighted by Crippen LogP contribution is 2.07. The van der Waals surface area contributed by atoms with E-state index in [-0.39, 0.29) is 18.3 Å². The van der Waals surface area contributed by atoms with Gasteiger partial charge in [-0.2, -0.15) is 0 Å². The summed E-state index contributed by atoms with van der Waals surface area (Å²) in [5, 5.41) is 0. The summed E-state index contributed by atoms with van der Waals surface area (Å²) in [5.74, 6) is 0.223. The van der Waals surface area contributed by atoms with Crippen LogP contribution in [-0.4, -0.2) is 74.2 Å². The maximum Gasteiger partial charge on any atom is 0.307 e. The first-order valence-corrected chi connectivity index (χ1v) is 8.76. The molecule has 0 atom stereocenters. The van der Waals surface area contributed by atoms with Gasteiger partial charge in [0.15, 0.2) is 0 Å². The van der Waals surface area contributed by atoms with Crippen molar-refractivity contribution in [2.45, 2.75) is 40.0 Å². The average Bonchev–Trinajstić information content (AvgIpc) is 2.51. The summed E-state index contributed by atoms with van der Waals surface area (Å²) in [6.07, 6.45) is 1.72. The van der Waals surface area contributed by atoms with Crippen LogP contribution in [0.2, 0.25) is 0 Å². The van der Waals surface area contributed by atoms with Crippen molar-refractivity contribution in [2.24, 2.45) is 5.92 Å². The molecule has 0 bridgehead atoms. The zero-order valence-electron chi connectivity index (χ0n) is 14.9. The highest BCUT2D eigenvalue weighted by Gasteiger charge is 2.17. The fraction of sp³-hybridized carbons (Fsp3) is 0.882. The molecule has 0 aromatic rings. The smallest absolute Gasteiger partial charge is 0.307 e. The molecule has 1 aliphatic heterocycles. The van der Waals surface area contributed by atoms with Crippen LogP contribution in [0.4, 0.5) is 0 Å². The van der Waals surface area contributed by atoms with Gasteiger partial charge in [0.1, 0.15) is 0 Å². The number of nitrogens with zero attached hydrogens (tertiary/aromatic N) is 2. The molecule has 0 N–H and O–H groups in total. The normalized spacial score (nSPS) is 15.7. The van der Waals surface area contributed by atoms with E-state index in [2.05, 4.69) is 4.90 Å². The number of esters is 1. The van der Waals surface area contributed by atoms with E-state index in [4.69, 9.17) is 9.47 Å². The molecule has 1 saturated heterocycles. The van der Waals surface area contributed by atoms with E-state index in [1.807, 2.05) is 18.7 Å². The Labute approximate surface area is 140 Å². The van der Waals surface area contributed by atoms with Gasteiger partial charge in [-0.3, -0.25) is 14.5 Å². The third kappa shape index (κ3) is 8.91. The van der Waals surface area contributed by atoms with Crippen molar-refractivity contribution in [3.8, 4) is 0 Å². The Hall–Kier alpha value is -1.14. The molecule has 0 aliphatic carbocycles. The molecule has 0 aromatic carbocycles. The number of carbonyl (C=O) groups excluding carboxylic acids is 2. The second kappa shape index (κ2) is 11.4. The SMILES string of the molecule is CCOC(=O)CCN(CCCN1CCOCC1)C(=O)CC(C)C. The summed E-state index contributed by atoms with van der Waals surface area (Å²) in [5.41, 5.74) is 0. The van der Waals surface area contributed by atoms with E-state index in [0.29, 0.717) is 32.0 Å². The van der Waals surface area contributed by atoms with Crippen LogP contribution in [-0.2, 0) is 19.1 Å². The Morgan fingerprint density at radius 3 is 2.52 bits per heavy atom. The number of carbonyl (C=O) groups is 2. The van der Waals surface area contributed by atoms with Gasteiger partial charge >= 0.3 is 5.97 Å². The minimum atomic E-state index is -0.233. The monoisotopic (exact) mass is 328 g/mol. The fourth-order valence-corrected chi connectivity index (χ4v) is 2.61. The van der Waals surface area contributed by atoms with Crippen molar-refractivity contribution in [1.29, 1.82) is 0 Å². The highest BCUT2D eigenvalue weighted by molar-refractivity contribution is 5.77. The minimum absolute atomic E-state index is 0.131. The van der Waals surface area contributed by atoms with E-state index in [0.717, 1.165) is 39.3 Å². The summed E-state index contributed by atoms with van der Waals surface area (Å²) >= 11 is 0. The van der Waals surface area contributed by atoms with Crippen molar-refractivity contribution in [1.82, 2.24) is 9.80 Å². The van der Waals surface area contributed by atoms with Gasteiger partial charge in [0.2, 0.25) is 5.91 Å². The largest absolute Gasteiger partial charge is 0.466 e. The number of amides is 1. The third-order valence-corrected chi connectivity index (χ3v) is 3.83.